The molecule has 8 nitrogen and oxygen atoms in total. The van der Waals surface area contributed by atoms with Crippen LogP contribution in [-0.2, 0) is 30.4 Å². The summed E-state index contributed by atoms with van der Waals surface area (Å²) in [7, 11) is 0. The predicted molar refractivity (Wildman–Crippen MR) is 144 cm³/mol. The number of nitrogens with one attached hydrogen (secondary N) is 2. The van der Waals surface area contributed by atoms with Crippen molar-refractivity contribution >= 4 is 16.8 Å². The van der Waals surface area contributed by atoms with E-state index in [1.165, 1.54) is 18.4 Å². The number of hydrogen-bond donors (Lipinski definition) is 2. The summed E-state index contributed by atoms with van der Waals surface area (Å²) in [5, 5.41) is 4.01. The molecule has 0 saturated carbocycles. The number of rotatable bonds is 11. The fraction of sp³-hybridized carbons (Fsp3) is 0.379. The molecule has 1 aliphatic heterocycles. The Hall–Kier alpha value is -3.67. The largest absolute Gasteiger partial charge is 0.447 e. The number of oxazole rings is 1. The number of morpholine rings is 1. The first-order valence-electron chi connectivity index (χ1n) is 13.3. The first-order valence-corrected chi connectivity index (χ1v) is 13.3. The molecule has 2 N–H and O–H groups in total. The third-order valence-electron chi connectivity index (χ3n) is 7.02. The SMILES string of the molecule is O=C(NCCN1CCOCC1)c1coc(CN(CCc2c[nH]c3ccccc23)Cc2ccc(C(F)(F)F)cc2)n1. The molecule has 11 heteroatoms. The van der Waals surface area contributed by atoms with Crippen LogP contribution in [0.5, 0.6) is 0 Å². The maximum absolute atomic E-state index is 13.0. The zero-order valence-corrected chi connectivity index (χ0v) is 22.0. The third kappa shape index (κ3) is 7.29. The van der Waals surface area contributed by atoms with Gasteiger partial charge >= 0.3 is 6.18 Å². The number of halogens is 3. The van der Waals surface area contributed by atoms with E-state index in [-0.39, 0.29) is 11.6 Å². The van der Waals surface area contributed by atoms with E-state index in [0.717, 1.165) is 53.8 Å². The van der Waals surface area contributed by atoms with Crippen LogP contribution in [0, 0.1) is 0 Å². The number of carbonyl (C=O) groups excluding carboxylic acids is 1. The van der Waals surface area contributed by atoms with Gasteiger partial charge in [0.25, 0.3) is 5.91 Å². The maximum Gasteiger partial charge on any atom is 0.416 e. The van der Waals surface area contributed by atoms with Crippen molar-refractivity contribution in [1.29, 1.82) is 0 Å². The van der Waals surface area contributed by atoms with Gasteiger partial charge in [-0.15, -0.1) is 0 Å². The van der Waals surface area contributed by atoms with Crippen LogP contribution in [0.1, 0.15) is 33.1 Å². The Morgan fingerprint density at radius 3 is 2.62 bits per heavy atom. The van der Waals surface area contributed by atoms with Crippen LogP contribution in [0.15, 0.2) is 65.4 Å². The quantitative estimate of drug-likeness (QED) is 0.284. The van der Waals surface area contributed by atoms with E-state index >= 15 is 0 Å². The minimum atomic E-state index is -4.38. The number of fused-ring (bicyclic) bond motifs is 1. The Balaban J connectivity index is 1.23. The molecule has 0 spiro atoms. The van der Waals surface area contributed by atoms with Crippen molar-refractivity contribution in [3.8, 4) is 0 Å². The van der Waals surface area contributed by atoms with Gasteiger partial charge in [-0.2, -0.15) is 13.2 Å². The number of aromatic nitrogens is 2. The molecule has 0 unspecified atom stereocenters. The Morgan fingerprint density at radius 1 is 1.07 bits per heavy atom. The molecule has 2 aromatic heterocycles. The van der Waals surface area contributed by atoms with E-state index in [1.807, 2.05) is 24.4 Å². The number of benzene rings is 2. The molecule has 5 rings (SSSR count). The number of para-hydroxylation sites is 1. The Kier molecular flexibility index (Phi) is 8.83. The van der Waals surface area contributed by atoms with Gasteiger partial charge in [-0.05, 0) is 35.7 Å². The van der Waals surface area contributed by atoms with Gasteiger partial charge in [0.05, 0.1) is 25.3 Å². The number of carbonyl (C=O) groups is 1. The number of ether oxygens (including phenoxy) is 1. The normalized spacial score (nSPS) is 14.7. The van der Waals surface area contributed by atoms with Crippen molar-refractivity contribution in [2.75, 3.05) is 45.9 Å². The average molecular weight is 556 g/mol. The predicted octanol–water partition coefficient (Wildman–Crippen LogP) is 4.48. The lowest BCUT2D eigenvalue weighted by molar-refractivity contribution is -0.137. The molecule has 2 aromatic carbocycles. The van der Waals surface area contributed by atoms with Gasteiger partial charge in [-0.25, -0.2) is 4.98 Å². The fourth-order valence-electron chi connectivity index (χ4n) is 4.81. The summed E-state index contributed by atoms with van der Waals surface area (Å²) in [6, 6.07) is 13.2. The lowest BCUT2D eigenvalue weighted by atomic mass is 10.1. The molecular weight excluding hydrogens is 523 g/mol. The van der Waals surface area contributed by atoms with Gasteiger partial charge in [-0.3, -0.25) is 14.6 Å². The van der Waals surface area contributed by atoms with Crippen LogP contribution < -0.4 is 5.32 Å². The van der Waals surface area contributed by atoms with Gasteiger partial charge in [0.15, 0.2) is 5.69 Å². The van der Waals surface area contributed by atoms with Gasteiger partial charge < -0.3 is 19.5 Å². The standard InChI is InChI=1S/C29H32F3N5O3/c30-29(31,32)23-7-5-21(6-8-23)18-37(11-9-22-17-34-25-4-2-1-3-24(22)25)19-27-35-26(20-40-27)28(38)33-10-12-36-13-15-39-16-14-36/h1-8,17,20,34H,9-16,18-19H2,(H,33,38). The van der Waals surface area contributed by atoms with Crippen LogP contribution >= 0.6 is 0 Å². The first-order chi connectivity index (χ1) is 19.3. The maximum atomic E-state index is 13.0. The minimum Gasteiger partial charge on any atom is -0.447 e. The molecule has 1 fully saturated rings. The van der Waals surface area contributed by atoms with Crippen molar-refractivity contribution in [2.24, 2.45) is 0 Å². The van der Waals surface area contributed by atoms with Crippen molar-refractivity contribution < 1.29 is 27.1 Å². The van der Waals surface area contributed by atoms with Crippen LogP contribution in [-0.4, -0.2) is 71.6 Å². The monoisotopic (exact) mass is 555 g/mol. The highest BCUT2D eigenvalue weighted by molar-refractivity contribution is 5.91. The summed E-state index contributed by atoms with van der Waals surface area (Å²) in [5.74, 6) is 0.0560. The highest BCUT2D eigenvalue weighted by Gasteiger charge is 2.30. The number of alkyl halides is 3. The van der Waals surface area contributed by atoms with E-state index in [0.29, 0.717) is 51.7 Å². The first kappa shape index (κ1) is 27.9. The summed E-state index contributed by atoms with van der Waals surface area (Å²) >= 11 is 0. The summed E-state index contributed by atoms with van der Waals surface area (Å²) in [6.07, 6.45) is -0.355. The van der Waals surface area contributed by atoms with Crippen molar-refractivity contribution in [3.63, 3.8) is 0 Å². The number of amides is 1. The highest BCUT2D eigenvalue weighted by Crippen LogP contribution is 2.29. The molecule has 1 amide bonds. The average Bonchev–Trinajstić information content (AvgIpc) is 3.59. The molecular formula is C29H32F3N5O3. The molecule has 0 radical (unpaired) electrons. The van der Waals surface area contributed by atoms with E-state index in [9.17, 15) is 18.0 Å². The zero-order valence-electron chi connectivity index (χ0n) is 22.0. The summed E-state index contributed by atoms with van der Waals surface area (Å²) < 4.78 is 50.1. The van der Waals surface area contributed by atoms with Crippen LogP contribution in [0.3, 0.4) is 0 Å². The molecule has 0 aliphatic carbocycles. The Morgan fingerprint density at radius 2 is 1.85 bits per heavy atom. The topological polar surface area (TPSA) is 86.6 Å². The molecule has 0 atom stereocenters. The van der Waals surface area contributed by atoms with Crippen molar-refractivity contribution in [1.82, 2.24) is 25.1 Å². The second-order valence-electron chi connectivity index (χ2n) is 9.85. The van der Waals surface area contributed by atoms with E-state index in [1.54, 1.807) is 0 Å². The Labute approximate surface area is 230 Å². The van der Waals surface area contributed by atoms with Gasteiger partial charge in [0, 0.05) is 56.4 Å². The third-order valence-corrected chi connectivity index (χ3v) is 7.02. The van der Waals surface area contributed by atoms with Gasteiger partial charge in [0.1, 0.15) is 6.26 Å². The molecule has 1 saturated heterocycles. The zero-order chi connectivity index (χ0) is 28.0. The van der Waals surface area contributed by atoms with Gasteiger partial charge in [0.2, 0.25) is 5.89 Å². The fourth-order valence-corrected chi connectivity index (χ4v) is 4.81. The number of H-pyrrole nitrogens is 1. The summed E-state index contributed by atoms with van der Waals surface area (Å²) in [4.78, 5) is 24.6. The second-order valence-corrected chi connectivity index (χ2v) is 9.85. The van der Waals surface area contributed by atoms with Gasteiger partial charge in [-0.1, -0.05) is 30.3 Å². The summed E-state index contributed by atoms with van der Waals surface area (Å²) in [6.45, 7) is 5.60. The molecule has 212 valence electrons. The Bertz CT molecular complexity index is 1390. The van der Waals surface area contributed by atoms with E-state index in [4.69, 9.17) is 9.15 Å². The van der Waals surface area contributed by atoms with Crippen LogP contribution in [0.25, 0.3) is 10.9 Å². The molecule has 4 aromatic rings. The highest BCUT2D eigenvalue weighted by atomic mass is 19.4. The molecule has 40 heavy (non-hydrogen) atoms. The minimum absolute atomic E-state index is 0.197. The smallest absolute Gasteiger partial charge is 0.416 e. The number of hydrogen-bond acceptors (Lipinski definition) is 6. The molecule has 3 heterocycles. The lowest BCUT2D eigenvalue weighted by Gasteiger charge is -2.26. The van der Waals surface area contributed by atoms with E-state index < -0.39 is 11.7 Å². The second kappa shape index (κ2) is 12.7. The number of aromatic amines is 1. The lowest BCUT2D eigenvalue weighted by Crippen LogP contribution is -2.41. The van der Waals surface area contributed by atoms with Crippen LogP contribution in [0.4, 0.5) is 13.2 Å². The summed E-state index contributed by atoms with van der Waals surface area (Å²) in [5.41, 5.74) is 2.44. The molecule has 1 aliphatic rings. The van der Waals surface area contributed by atoms with Crippen molar-refractivity contribution in [3.05, 3.63) is 89.3 Å². The molecule has 0 bridgehead atoms. The van der Waals surface area contributed by atoms with Crippen molar-refractivity contribution in [2.45, 2.75) is 25.7 Å². The van der Waals surface area contributed by atoms with Crippen LogP contribution in [0.2, 0.25) is 0 Å². The van der Waals surface area contributed by atoms with E-state index in [2.05, 4.69) is 31.2 Å². The number of nitrogens with zero attached hydrogens (tertiary/aromatic N) is 3.